The molecule has 3 aliphatic rings. The lowest BCUT2D eigenvalue weighted by atomic mass is 9.85. The summed E-state index contributed by atoms with van der Waals surface area (Å²) in [5.74, 6) is 0.0391. The van der Waals surface area contributed by atoms with Gasteiger partial charge in [0, 0.05) is 39.0 Å². The molecule has 2 amide bonds. The zero-order valence-corrected chi connectivity index (χ0v) is 14.2. The van der Waals surface area contributed by atoms with Crippen LogP contribution >= 0.6 is 0 Å². The summed E-state index contributed by atoms with van der Waals surface area (Å²) in [4.78, 5) is 30.7. The van der Waals surface area contributed by atoms with Crippen LogP contribution in [0.1, 0.15) is 41.6 Å². The third-order valence-electron chi connectivity index (χ3n) is 5.67. The second kappa shape index (κ2) is 4.89. The normalized spacial score (nSPS) is 24.2. The van der Waals surface area contributed by atoms with Gasteiger partial charge >= 0.3 is 0 Å². The average Bonchev–Trinajstić information content (AvgIpc) is 2.94. The number of nitrogens with one attached hydrogen (secondary N) is 1. The van der Waals surface area contributed by atoms with Crippen LogP contribution in [0, 0.1) is 0 Å². The summed E-state index contributed by atoms with van der Waals surface area (Å²) >= 11 is 0. The molecule has 9 nitrogen and oxygen atoms in total. The number of nitrogens with zero attached hydrogens (tertiary/aromatic N) is 6. The van der Waals surface area contributed by atoms with Crippen LogP contribution in [0.25, 0.3) is 0 Å². The molecule has 10 heteroatoms. The Morgan fingerprint density at radius 2 is 2.12 bits per heavy atom. The lowest BCUT2D eigenvalue weighted by Gasteiger charge is -2.48. The fourth-order valence-corrected chi connectivity index (χ4v) is 4.02. The molecule has 5 rings (SSSR count). The first kappa shape index (κ1) is 15.5. The minimum atomic E-state index is -1.71. The number of hydrogen-bond donors (Lipinski definition) is 1. The maximum atomic E-state index is 14.0. The Morgan fingerprint density at radius 3 is 2.77 bits per heavy atom. The zero-order valence-electron chi connectivity index (χ0n) is 14.2. The number of carbonyl (C=O) groups is 2. The van der Waals surface area contributed by atoms with Gasteiger partial charge in [-0.05, 0) is 12.8 Å². The minimum absolute atomic E-state index is 0.127. The summed E-state index contributed by atoms with van der Waals surface area (Å²) in [5, 5.41) is 10.3. The smallest absolute Gasteiger partial charge is 0.273 e. The predicted molar refractivity (Wildman–Crippen MR) is 85.7 cm³/mol. The third-order valence-corrected chi connectivity index (χ3v) is 5.67. The van der Waals surface area contributed by atoms with Crippen LogP contribution < -0.4 is 5.32 Å². The summed E-state index contributed by atoms with van der Waals surface area (Å²) < 4.78 is 17.5. The lowest BCUT2D eigenvalue weighted by molar-refractivity contribution is -0.128. The molecular weight excluding hydrogens is 341 g/mol. The molecule has 2 aliphatic heterocycles. The van der Waals surface area contributed by atoms with Gasteiger partial charge in [0.05, 0.1) is 17.8 Å². The Morgan fingerprint density at radius 1 is 1.35 bits per heavy atom. The highest BCUT2D eigenvalue weighted by molar-refractivity contribution is 5.93. The van der Waals surface area contributed by atoms with Crippen LogP contribution in [0.2, 0.25) is 0 Å². The Balaban J connectivity index is 1.33. The maximum Gasteiger partial charge on any atom is 0.273 e. The zero-order chi connectivity index (χ0) is 18.1. The number of halogens is 1. The molecule has 2 aromatic rings. The van der Waals surface area contributed by atoms with Gasteiger partial charge in [-0.2, -0.15) is 0 Å². The second-order valence-corrected chi connectivity index (χ2v) is 7.48. The van der Waals surface area contributed by atoms with E-state index in [1.54, 1.807) is 18.1 Å². The number of alkyl halides is 1. The van der Waals surface area contributed by atoms with Gasteiger partial charge < -0.3 is 14.8 Å². The number of rotatable bonds is 3. The Kier molecular flexibility index (Phi) is 2.91. The minimum Gasteiger partial charge on any atom is -0.343 e. The molecule has 1 spiro atoms. The number of carbonyl (C=O) groups excluding carboxylic acids is 2. The van der Waals surface area contributed by atoms with Crippen LogP contribution in [-0.4, -0.2) is 60.0 Å². The highest BCUT2D eigenvalue weighted by Crippen LogP contribution is 2.46. The summed E-state index contributed by atoms with van der Waals surface area (Å²) in [5.41, 5.74) is -1.58. The Labute approximate surface area is 148 Å². The number of hydrogen-bond acceptors (Lipinski definition) is 5. The van der Waals surface area contributed by atoms with Crippen molar-refractivity contribution in [2.24, 2.45) is 7.05 Å². The van der Waals surface area contributed by atoms with E-state index in [0.29, 0.717) is 25.2 Å². The molecular formula is C16H18FN7O2. The standard InChI is InChI=1S/C16H18FN7O2/c1-22-11(7-19-21-22)13(25)23-8-15(9-23)6-10(12-18-4-5-24(12)15)20-14(26)16(17)2-3-16/h4-5,7,10H,2-3,6,8-9H2,1H3,(H,20,26). The number of imidazole rings is 1. The van der Waals surface area contributed by atoms with Crippen molar-refractivity contribution < 1.29 is 14.0 Å². The fourth-order valence-electron chi connectivity index (χ4n) is 4.02. The number of fused-ring (bicyclic) bond motifs is 2. The van der Waals surface area contributed by atoms with E-state index in [4.69, 9.17) is 0 Å². The van der Waals surface area contributed by atoms with Crippen molar-refractivity contribution in [1.82, 2.24) is 34.8 Å². The molecule has 0 radical (unpaired) electrons. The van der Waals surface area contributed by atoms with Crippen LogP contribution in [0.4, 0.5) is 4.39 Å². The van der Waals surface area contributed by atoms with E-state index < -0.39 is 11.6 Å². The van der Waals surface area contributed by atoms with Crippen LogP contribution in [0.5, 0.6) is 0 Å². The van der Waals surface area contributed by atoms with Crippen molar-refractivity contribution >= 4 is 11.8 Å². The lowest BCUT2D eigenvalue weighted by Crippen LogP contribution is -2.63. The van der Waals surface area contributed by atoms with Gasteiger partial charge in [-0.1, -0.05) is 5.21 Å². The van der Waals surface area contributed by atoms with Crippen LogP contribution in [0.3, 0.4) is 0 Å². The van der Waals surface area contributed by atoms with E-state index in [9.17, 15) is 14.0 Å². The molecule has 1 saturated heterocycles. The molecule has 1 N–H and O–H groups in total. The summed E-state index contributed by atoms with van der Waals surface area (Å²) in [6.45, 7) is 1.01. The van der Waals surface area contributed by atoms with Gasteiger partial charge in [-0.3, -0.25) is 9.59 Å². The Bertz CT molecular complexity index is 909. The van der Waals surface area contributed by atoms with Crippen molar-refractivity contribution in [1.29, 1.82) is 0 Å². The second-order valence-electron chi connectivity index (χ2n) is 7.48. The number of aryl methyl sites for hydroxylation is 1. The highest BCUT2D eigenvalue weighted by Gasteiger charge is 2.56. The van der Waals surface area contributed by atoms with Crippen molar-refractivity contribution in [3.05, 3.63) is 30.1 Å². The van der Waals surface area contributed by atoms with E-state index in [-0.39, 0.29) is 30.3 Å². The summed E-state index contributed by atoms with van der Waals surface area (Å²) in [7, 11) is 1.68. The van der Waals surface area contributed by atoms with Crippen molar-refractivity contribution in [3.8, 4) is 0 Å². The van der Waals surface area contributed by atoms with Gasteiger partial charge in [-0.25, -0.2) is 14.1 Å². The van der Waals surface area contributed by atoms with E-state index >= 15 is 0 Å². The van der Waals surface area contributed by atoms with Crippen molar-refractivity contribution in [2.45, 2.75) is 36.5 Å². The molecule has 1 aliphatic carbocycles. The van der Waals surface area contributed by atoms with E-state index in [1.165, 1.54) is 10.9 Å². The number of amides is 2. The first-order chi connectivity index (χ1) is 12.4. The van der Waals surface area contributed by atoms with E-state index in [2.05, 4.69) is 20.6 Å². The number of likely N-dealkylation sites (tertiary alicyclic amines) is 1. The molecule has 0 aromatic carbocycles. The number of aromatic nitrogens is 5. The average molecular weight is 359 g/mol. The molecule has 1 saturated carbocycles. The van der Waals surface area contributed by atoms with Gasteiger partial charge in [0.1, 0.15) is 11.5 Å². The topological polar surface area (TPSA) is 97.9 Å². The first-order valence-electron chi connectivity index (χ1n) is 8.59. The van der Waals surface area contributed by atoms with E-state index in [0.717, 1.165) is 5.82 Å². The molecule has 1 unspecified atom stereocenters. The molecule has 4 heterocycles. The molecule has 136 valence electrons. The van der Waals surface area contributed by atoms with Crippen molar-refractivity contribution in [3.63, 3.8) is 0 Å². The summed E-state index contributed by atoms with van der Waals surface area (Å²) in [6.07, 6.45) is 6.15. The fraction of sp³-hybridized carbons (Fsp3) is 0.562. The SMILES string of the molecule is Cn1nncc1C(=O)N1CC2(CC(NC(=O)C3(F)CC3)c3nccn32)C1. The highest BCUT2D eigenvalue weighted by atomic mass is 19.1. The monoisotopic (exact) mass is 359 g/mol. The van der Waals surface area contributed by atoms with Gasteiger partial charge in [-0.15, -0.1) is 5.10 Å². The maximum absolute atomic E-state index is 14.0. The molecule has 26 heavy (non-hydrogen) atoms. The van der Waals surface area contributed by atoms with Gasteiger partial charge in [0.2, 0.25) is 0 Å². The molecule has 0 bridgehead atoms. The largest absolute Gasteiger partial charge is 0.343 e. The third kappa shape index (κ3) is 2.04. The molecule has 2 fully saturated rings. The first-order valence-corrected chi connectivity index (χ1v) is 8.59. The van der Waals surface area contributed by atoms with Crippen LogP contribution in [-0.2, 0) is 17.4 Å². The van der Waals surface area contributed by atoms with Gasteiger partial charge in [0.15, 0.2) is 5.67 Å². The molecule has 1 atom stereocenters. The quantitative estimate of drug-likeness (QED) is 0.827. The molecule has 2 aromatic heterocycles. The van der Waals surface area contributed by atoms with Crippen molar-refractivity contribution in [2.75, 3.05) is 13.1 Å². The van der Waals surface area contributed by atoms with Gasteiger partial charge in [0.25, 0.3) is 11.8 Å². The van der Waals surface area contributed by atoms with Crippen LogP contribution in [0.15, 0.2) is 18.6 Å². The Hall–Kier alpha value is -2.78. The predicted octanol–water partition coefficient (Wildman–Crippen LogP) is -0.0740. The van der Waals surface area contributed by atoms with E-state index in [1.807, 2.05) is 10.8 Å². The summed E-state index contributed by atoms with van der Waals surface area (Å²) in [6, 6.07) is -0.332.